The van der Waals surface area contributed by atoms with Crippen LogP contribution in [0.5, 0.6) is 0 Å². The van der Waals surface area contributed by atoms with Crippen molar-refractivity contribution in [3.05, 3.63) is 83.0 Å². The van der Waals surface area contributed by atoms with E-state index in [1.807, 2.05) is 0 Å². The van der Waals surface area contributed by atoms with Gasteiger partial charge in [0.1, 0.15) is 10.6 Å². The maximum atomic E-state index is 13.5. The molecular formula is C20H10BrCl2N3O3S. The van der Waals surface area contributed by atoms with Gasteiger partial charge in [-0.25, -0.2) is 0 Å². The highest BCUT2D eigenvalue weighted by atomic mass is 79.9. The second kappa shape index (κ2) is 7.16. The zero-order chi connectivity index (χ0) is 21.2. The van der Waals surface area contributed by atoms with Gasteiger partial charge in [-0.1, -0.05) is 56.5 Å². The Hall–Kier alpha value is -2.26. The van der Waals surface area contributed by atoms with Crippen molar-refractivity contribution in [3.8, 4) is 0 Å². The lowest BCUT2D eigenvalue weighted by Crippen LogP contribution is -2.29. The molecule has 2 aromatic heterocycles. The molecule has 5 rings (SSSR count). The third-order valence-corrected chi connectivity index (χ3v) is 6.88. The Labute approximate surface area is 192 Å². The van der Waals surface area contributed by atoms with Crippen LogP contribution in [0, 0.1) is 6.92 Å². The number of hydrogen-bond acceptors (Lipinski definition) is 6. The van der Waals surface area contributed by atoms with Gasteiger partial charge in [-0.2, -0.15) is 0 Å². The molecule has 150 valence electrons. The molecule has 1 unspecified atom stereocenters. The average Bonchev–Trinajstić information content (AvgIpc) is 3.26. The molecule has 6 nitrogen and oxygen atoms in total. The molecule has 1 atom stereocenters. The van der Waals surface area contributed by atoms with E-state index in [9.17, 15) is 9.59 Å². The predicted octanol–water partition coefficient (Wildman–Crippen LogP) is 5.77. The lowest BCUT2D eigenvalue weighted by molar-refractivity contribution is 0.0970. The maximum absolute atomic E-state index is 13.5. The topological polar surface area (TPSA) is 76.3 Å². The zero-order valence-electron chi connectivity index (χ0n) is 15.1. The van der Waals surface area contributed by atoms with Crippen molar-refractivity contribution in [2.75, 3.05) is 4.90 Å². The van der Waals surface area contributed by atoms with Crippen LogP contribution in [0.25, 0.3) is 11.0 Å². The van der Waals surface area contributed by atoms with Gasteiger partial charge in [-0.3, -0.25) is 14.5 Å². The first kappa shape index (κ1) is 19.7. The molecule has 0 saturated carbocycles. The van der Waals surface area contributed by atoms with Crippen molar-refractivity contribution < 1.29 is 9.21 Å². The van der Waals surface area contributed by atoms with Crippen LogP contribution in [0.15, 0.2) is 50.1 Å². The first-order chi connectivity index (χ1) is 14.3. The summed E-state index contributed by atoms with van der Waals surface area (Å²) in [5.41, 5.74) is 0.891. The van der Waals surface area contributed by atoms with Gasteiger partial charge in [0.25, 0.3) is 5.91 Å². The molecule has 4 aromatic rings. The van der Waals surface area contributed by atoms with E-state index in [1.54, 1.807) is 43.3 Å². The van der Waals surface area contributed by atoms with E-state index in [0.717, 1.165) is 4.47 Å². The monoisotopic (exact) mass is 521 g/mol. The van der Waals surface area contributed by atoms with Gasteiger partial charge in [0.15, 0.2) is 5.43 Å². The molecule has 0 saturated heterocycles. The second-order valence-electron chi connectivity index (χ2n) is 6.67. The summed E-state index contributed by atoms with van der Waals surface area (Å²) in [6.45, 7) is 1.79. The number of hydrogen-bond donors (Lipinski definition) is 0. The summed E-state index contributed by atoms with van der Waals surface area (Å²) in [5, 5.41) is 10.3. The molecule has 0 N–H and O–H groups in total. The predicted molar refractivity (Wildman–Crippen MR) is 120 cm³/mol. The number of amides is 1. The number of carbonyl (C=O) groups is 1. The Kier molecular flexibility index (Phi) is 4.70. The minimum Gasteiger partial charge on any atom is -0.450 e. The highest BCUT2D eigenvalue weighted by Gasteiger charge is 2.45. The first-order valence-corrected chi connectivity index (χ1v) is 11.1. The van der Waals surface area contributed by atoms with E-state index in [0.29, 0.717) is 36.7 Å². The molecule has 0 spiro atoms. The highest BCUT2D eigenvalue weighted by Crippen LogP contribution is 2.43. The van der Waals surface area contributed by atoms with Crippen LogP contribution < -0.4 is 10.3 Å². The fraction of sp³-hybridized carbons (Fsp3) is 0.100. The van der Waals surface area contributed by atoms with Crippen LogP contribution in [0.1, 0.15) is 32.7 Å². The molecule has 0 aliphatic carbocycles. The van der Waals surface area contributed by atoms with Crippen molar-refractivity contribution in [2.24, 2.45) is 0 Å². The molecule has 3 heterocycles. The minimum atomic E-state index is -0.769. The highest BCUT2D eigenvalue weighted by molar-refractivity contribution is 9.10. The third kappa shape index (κ3) is 2.98. The van der Waals surface area contributed by atoms with E-state index in [2.05, 4.69) is 26.1 Å². The van der Waals surface area contributed by atoms with Crippen LogP contribution in [0.2, 0.25) is 10.0 Å². The largest absolute Gasteiger partial charge is 0.450 e. The number of fused-ring (bicyclic) bond motifs is 2. The van der Waals surface area contributed by atoms with Crippen molar-refractivity contribution in [3.63, 3.8) is 0 Å². The third-order valence-electron chi connectivity index (χ3n) is 4.81. The van der Waals surface area contributed by atoms with Gasteiger partial charge < -0.3 is 4.42 Å². The Morgan fingerprint density at radius 2 is 1.90 bits per heavy atom. The molecule has 2 aromatic carbocycles. The molecule has 1 amide bonds. The van der Waals surface area contributed by atoms with E-state index in [-0.39, 0.29) is 16.8 Å². The minimum absolute atomic E-state index is 0.0150. The van der Waals surface area contributed by atoms with Gasteiger partial charge in [0.2, 0.25) is 10.9 Å². The lowest BCUT2D eigenvalue weighted by atomic mass is 9.99. The van der Waals surface area contributed by atoms with Gasteiger partial charge in [0.05, 0.1) is 27.0 Å². The van der Waals surface area contributed by atoms with E-state index in [1.165, 1.54) is 16.2 Å². The van der Waals surface area contributed by atoms with Gasteiger partial charge in [0, 0.05) is 4.47 Å². The summed E-state index contributed by atoms with van der Waals surface area (Å²) in [7, 11) is 0. The molecule has 1 aliphatic heterocycles. The standard InChI is InChI=1S/C20H10BrCl2N3O3S/c1-8-24-25-20(30-8)26-16(9-2-4-12(22)13(23)6-9)15-17(27)11-7-10(21)3-5-14(11)29-18(15)19(26)28/h2-7,16H,1H3. The number of halogens is 3. The summed E-state index contributed by atoms with van der Waals surface area (Å²) in [4.78, 5) is 28.3. The smallest absolute Gasteiger partial charge is 0.297 e. The SMILES string of the molecule is Cc1nnc(N2C(=O)c3oc4ccc(Br)cc4c(=O)c3C2c2ccc(Cl)c(Cl)c2)s1. The summed E-state index contributed by atoms with van der Waals surface area (Å²) in [6, 6.07) is 9.31. The summed E-state index contributed by atoms with van der Waals surface area (Å²) in [6.07, 6.45) is 0. The number of anilines is 1. The van der Waals surface area contributed by atoms with Crippen LogP contribution in [0.3, 0.4) is 0 Å². The molecule has 0 radical (unpaired) electrons. The van der Waals surface area contributed by atoms with E-state index >= 15 is 0 Å². The normalized spacial score (nSPS) is 15.8. The Bertz CT molecular complexity index is 1420. The molecule has 30 heavy (non-hydrogen) atoms. The average molecular weight is 523 g/mol. The molecule has 0 bridgehead atoms. The van der Waals surface area contributed by atoms with Crippen molar-refractivity contribution in [1.29, 1.82) is 0 Å². The van der Waals surface area contributed by atoms with E-state index < -0.39 is 11.9 Å². The number of aryl methyl sites for hydroxylation is 1. The number of aromatic nitrogens is 2. The van der Waals surface area contributed by atoms with Gasteiger partial charge in [-0.15, -0.1) is 10.2 Å². The second-order valence-corrected chi connectivity index (χ2v) is 9.56. The molecule has 1 aliphatic rings. The van der Waals surface area contributed by atoms with Crippen molar-refractivity contribution in [1.82, 2.24) is 10.2 Å². The molecule has 0 fully saturated rings. The van der Waals surface area contributed by atoms with Crippen LogP contribution in [-0.4, -0.2) is 16.1 Å². The summed E-state index contributed by atoms with van der Waals surface area (Å²) >= 11 is 17.0. The Morgan fingerprint density at radius 3 is 2.60 bits per heavy atom. The maximum Gasteiger partial charge on any atom is 0.297 e. The van der Waals surface area contributed by atoms with Crippen LogP contribution in [0.4, 0.5) is 5.13 Å². The van der Waals surface area contributed by atoms with Gasteiger partial charge >= 0.3 is 0 Å². The van der Waals surface area contributed by atoms with Crippen LogP contribution in [-0.2, 0) is 0 Å². The number of carbonyl (C=O) groups excluding carboxylic acids is 1. The number of nitrogens with zero attached hydrogens (tertiary/aromatic N) is 3. The van der Waals surface area contributed by atoms with Gasteiger partial charge in [-0.05, 0) is 42.8 Å². The fourth-order valence-electron chi connectivity index (χ4n) is 3.52. The number of rotatable bonds is 2. The van der Waals surface area contributed by atoms with Crippen molar-refractivity contribution >= 4 is 72.5 Å². The number of benzene rings is 2. The lowest BCUT2D eigenvalue weighted by Gasteiger charge is -2.22. The quantitative estimate of drug-likeness (QED) is 0.334. The van der Waals surface area contributed by atoms with Crippen molar-refractivity contribution in [2.45, 2.75) is 13.0 Å². The van der Waals surface area contributed by atoms with E-state index in [4.69, 9.17) is 27.6 Å². The Morgan fingerprint density at radius 1 is 1.10 bits per heavy atom. The Balaban J connectivity index is 1.84. The first-order valence-electron chi connectivity index (χ1n) is 8.70. The van der Waals surface area contributed by atoms with Crippen LogP contribution >= 0.6 is 50.5 Å². The summed E-state index contributed by atoms with van der Waals surface area (Å²) in [5.74, 6) is -0.474. The fourth-order valence-corrected chi connectivity index (χ4v) is 4.91. The molecule has 10 heteroatoms. The summed E-state index contributed by atoms with van der Waals surface area (Å²) < 4.78 is 6.63. The zero-order valence-corrected chi connectivity index (χ0v) is 19.1. The molecular weight excluding hydrogens is 513 g/mol.